The number of likely N-dealkylation sites (tertiary alicyclic amines) is 1. The van der Waals surface area contributed by atoms with E-state index in [1.165, 1.54) is 49.0 Å². The van der Waals surface area contributed by atoms with Crippen molar-refractivity contribution in [1.82, 2.24) is 10.2 Å². The fourth-order valence-electron chi connectivity index (χ4n) is 3.33. The van der Waals surface area contributed by atoms with Crippen LogP contribution in [0.3, 0.4) is 0 Å². The number of benzene rings is 2. The Morgan fingerprint density at radius 1 is 1.00 bits per heavy atom. The lowest BCUT2D eigenvalue weighted by atomic mass is 10.0. The van der Waals surface area contributed by atoms with Crippen LogP contribution in [0.25, 0.3) is 6.08 Å². The minimum absolute atomic E-state index is 0.0571. The molecule has 26 heavy (non-hydrogen) atoms. The first-order chi connectivity index (χ1) is 12.7. The first kappa shape index (κ1) is 18.4. The number of carbonyl (C=O) groups is 1. The first-order valence-corrected chi connectivity index (χ1v) is 9.52. The van der Waals surface area contributed by atoms with Gasteiger partial charge in [-0.15, -0.1) is 0 Å². The molecule has 0 unspecified atom stereocenters. The Hall–Kier alpha value is -2.39. The second-order valence-electron chi connectivity index (χ2n) is 7.07. The Balaban J connectivity index is 1.55. The average molecular weight is 348 g/mol. The third kappa shape index (κ3) is 5.57. The molecule has 0 spiro atoms. The minimum Gasteiger partial charge on any atom is -0.348 e. The van der Waals surface area contributed by atoms with Gasteiger partial charge in [-0.25, -0.2) is 0 Å². The van der Waals surface area contributed by atoms with Crippen molar-refractivity contribution in [2.24, 2.45) is 0 Å². The number of nitrogens with zero attached hydrogens (tertiary/aromatic N) is 1. The van der Waals surface area contributed by atoms with E-state index in [0.29, 0.717) is 6.54 Å². The van der Waals surface area contributed by atoms with Crippen LogP contribution in [0.15, 0.2) is 54.6 Å². The van der Waals surface area contributed by atoms with E-state index in [1.807, 2.05) is 24.3 Å². The highest BCUT2D eigenvalue weighted by Gasteiger charge is 2.12. The van der Waals surface area contributed by atoms with Crippen molar-refractivity contribution in [3.8, 4) is 0 Å². The standard InChI is InChI=1S/C23H28N2O/c1-19-9-11-20(12-10-19)13-14-23(26)24-17-21-7-3-4-8-22(21)18-25-15-5-2-6-16-25/h3-4,7-14H,2,5-6,15-18H2,1H3,(H,24,26)/b14-13+. The molecule has 3 rings (SSSR count). The fourth-order valence-corrected chi connectivity index (χ4v) is 3.33. The highest BCUT2D eigenvalue weighted by molar-refractivity contribution is 5.91. The molecule has 1 aliphatic rings. The lowest BCUT2D eigenvalue weighted by molar-refractivity contribution is -0.116. The molecule has 0 atom stereocenters. The average Bonchev–Trinajstić information content (AvgIpc) is 2.68. The van der Waals surface area contributed by atoms with E-state index in [0.717, 1.165) is 12.1 Å². The van der Waals surface area contributed by atoms with Crippen molar-refractivity contribution in [3.05, 3.63) is 76.9 Å². The predicted octanol–water partition coefficient (Wildman–Crippen LogP) is 4.31. The fraction of sp³-hybridized carbons (Fsp3) is 0.348. The van der Waals surface area contributed by atoms with E-state index in [1.54, 1.807) is 6.08 Å². The third-order valence-corrected chi connectivity index (χ3v) is 4.92. The molecule has 2 aromatic carbocycles. The highest BCUT2D eigenvalue weighted by Crippen LogP contribution is 2.16. The van der Waals surface area contributed by atoms with Gasteiger partial charge in [0.25, 0.3) is 0 Å². The number of amides is 1. The normalized spacial score (nSPS) is 15.3. The molecule has 2 aromatic rings. The Morgan fingerprint density at radius 3 is 2.42 bits per heavy atom. The zero-order chi connectivity index (χ0) is 18.2. The van der Waals surface area contributed by atoms with Crippen LogP contribution in [0.5, 0.6) is 0 Å². The van der Waals surface area contributed by atoms with Crippen LogP contribution in [0, 0.1) is 6.92 Å². The topological polar surface area (TPSA) is 32.3 Å². The number of rotatable bonds is 6. The first-order valence-electron chi connectivity index (χ1n) is 9.52. The number of hydrogen-bond donors (Lipinski definition) is 1. The van der Waals surface area contributed by atoms with Crippen LogP contribution in [-0.2, 0) is 17.9 Å². The van der Waals surface area contributed by atoms with E-state index < -0.39 is 0 Å². The zero-order valence-corrected chi connectivity index (χ0v) is 15.6. The molecular weight excluding hydrogens is 320 g/mol. The van der Waals surface area contributed by atoms with Gasteiger partial charge in [0.05, 0.1) is 0 Å². The van der Waals surface area contributed by atoms with Crippen molar-refractivity contribution in [2.45, 2.75) is 39.3 Å². The Morgan fingerprint density at radius 2 is 1.69 bits per heavy atom. The summed E-state index contributed by atoms with van der Waals surface area (Å²) in [6.07, 6.45) is 7.40. The highest BCUT2D eigenvalue weighted by atomic mass is 16.1. The van der Waals surface area contributed by atoms with Crippen LogP contribution >= 0.6 is 0 Å². The van der Waals surface area contributed by atoms with Gasteiger partial charge >= 0.3 is 0 Å². The summed E-state index contributed by atoms with van der Waals surface area (Å²) in [5, 5.41) is 3.01. The van der Waals surface area contributed by atoms with Crippen LogP contribution in [-0.4, -0.2) is 23.9 Å². The molecule has 136 valence electrons. The molecule has 0 saturated carbocycles. The molecule has 0 aromatic heterocycles. The van der Waals surface area contributed by atoms with Gasteiger partial charge in [-0.1, -0.05) is 60.5 Å². The van der Waals surface area contributed by atoms with Crippen LogP contribution < -0.4 is 5.32 Å². The van der Waals surface area contributed by atoms with Gasteiger partial charge in [0.1, 0.15) is 0 Å². The second-order valence-corrected chi connectivity index (χ2v) is 7.07. The van der Waals surface area contributed by atoms with Crippen LogP contribution in [0.4, 0.5) is 0 Å². The van der Waals surface area contributed by atoms with E-state index in [9.17, 15) is 4.79 Å². The molecular formula is C23H28N2O. The molecule has 1 heterocycles. The summed E-state index contributed by atoms with van der Waals surface area (Å²) in [5.41, 5.74) is 4.78. The molecule has 1 fully saturated rings. The van der Waals surface area contributed by atoms with Crippen molar-refractivity contribution < 1.29 is 4.79 Å². The van der Waals surface area contributed by atoms with Gasteiger partial charge in [-0.3, -0.25) is 9.69 Å². The number of aryl methyl sites for hydroxylation is 1. The maximum Gasteiger partial charge on any atom is 0.244 e. The number of hydrogen-bond acceptors (Lipinski definition) is 2. The van der Waals surface area contributed by atoms with Crippen molar-refractivity contribution in [3.63, 3.8) is 0 Å². The smallest absolute Gasteiger partial charge is 0.244 e. The van der Waals surface area contributed by atoms with Crippen LogP contribution in [0.2, 0.25) is 0 Å². The zero-order valence-electron chi connectivity index (χ0n) is 15.6. The van der Waals surface area contributed by atoms with Crippen molar-refractivity contribution in [2.75, 3.05) is 13.1 Å². The van der Waals surface area contributed by atoms with Gasteiger partial charge in [-0.05, 0) is 55.6 Å². The molecule has 1 aliphatic heterocycles. The summed E-state index contributed by atoms with van der Waals surface area (Å²) in [6.45, 7) is 5.97. The Kier molecular flexibility index (Phi) is 6.62. The van der Waals surface area contributed by atoms with Crippen LogP contribution in [0.1, 0.15) is 41.5 Å². The van der Waals surface area contributed by atoms with Gasteiger partial charge in [-0.2, -0.15) is 0 Å². The molecule has 1 saturated heterocycles. The SMILES string of the molecule is Cc1ccc(/C=C/C(=O)NCc2ccccc2CN2CCCCC2)cc1. The van der Waals surface area contributed by atoms with Gasteiger partial charge in [0, 0.05) is 19.2 Å². The molecule has 1 amide bonds. The largest absolute Gasteiger partial charge is 0.348 e. The summed E-state index contributed by atoms with van der Waals surface area (Å²) in [4.78, 5) is 14.7. The van der Waals surface area contributed by atoms with E-state index >= 15 is 0 Å². The minimum atomic E-state index is -0.0571. The lowest BCUT2D eigenvalue weighted by Crippen LogP contribution is -2.30. The summed E-state index contributed by atoms with van der Waals surface area (Å²) in [7, 11) is 0. The van der Waals surface area contributed by atoms with Gasteiger partial charge < -0.3 is 5.32 Å². The Labute approximate surface area is 156 Å². The molecule has 3 heteroatoms. The third-order valence-electron chi connectivity index (χ3n) is 4.92. The van der Waals surface area contributed by atoms with Crippen molar-refractivity contribution >= 4 is 12.0 Å². The molecule has 0 bridgehead atoms. The van der Waals surface area contributed by atoms with Crippen molar-refractivity contribution in [1.29, 1.82) is 0 Å². The molecule has 1 N–H and O–H groups in total. The predicted molar refractivity (Wildman–Crippen MR) is 108 cm³/mol. The van der Waals surface area contributed by atoms with Gasteiger partial charge in [0.15, 0.2) is 0 Å². The van der Waals surface area contributed by atoms with E-state index in [-0.39, 0.29) is 5.91 Å². The summed E-state index contributed by atoms with van der Waals surface area (Å²) < 4.78 is 0. The number of piperidine rings is 1. The summed E-state index contributed by atoms with van der Waals surface area (Å²) in [5.74, 6) is -0.0571. The summed E-state index contributed by atoms with van der Waals surface area (Å²) >= 11 is 0. The van der Waals surface area contributed by atoms with E-state index in [4.69, 9.17) is 0 Å². The summed E-state index contributed by atoms with van der Waals surface area (Å²) in [6, 6.07) is 16.6. The monoisotopic (exact) mass is 348 g/mol. The second kappa shape index (κ2) is 9.35. The molecule has 3 nitrogen and oxygen atoms in total. The number of carbonyl (C=O) groups excluding carboxylic acids is 1. The lowest BCUT2D eigenvalue weighted by Gasteiger charge is -2.27. The van der Waals surface area contributed by atoms with E-state index in [2.05, 4.69) is 47.5 Å². The number of nitrogens with one attached hydrogen (secondary N) is 1. The molecule has 0 aliphatic carbocycles. The van der Waals surface area contributed by atoms with Gasteiger partial charge in [0.2, 0.25) is 5.91 Å². The molecule has 0 radical (unpaired) electrons. The maximum atomic E-state index is 12.1. The maximum absolute atomic E-state index is 12.1. The Bertz CT molecular complexity index is 743. The quantitative estimate of drug-likeness (QED) is 0.789.